The van der Waals surface area contributed by atoms with Gasteiger partial charge in [-0.05, 0) is 56.0 Å². The topological polar surface area (TPSA) is 33.1 Å². The first kappa shape index (κ1) is 18.7. The molecule has 1 N–H and O–H groups in total. The zero-order chi connectivity index (χ0) is 19.8. The standard InChI is InChI=1S/C24H27ClN4/c1-17-10-11-19(25)15-22(17)29-24-20(12-13-26-24)23(27-29)21-9-5-6-14-28(21)16-18-7-3-2-4-8-18/h2-4,7-8,10-11,15,21,26H,5-6,9,12-14,16H2,1H3. The highest BCUT2D eigenvalue weighted by molar-refractivity contribution is 6.30. The summed E-state index contributed by atoms with van der Waals surface area (Å²) < 4.78 is 2.09. The highest BCUT2D eigenvalue weighted by Crippen LogP contribution is 2.39. The number of likely N-dealkylation sites (tertiary alicyclic amines) is 1. The van der Waals surface area contributed by atoms with Crippen LogP contribution in [0.1, 0.15) is 47.7 Å². The molecule has 0 aliphatic carbocycles. The number of hydrogen-bond donors (Lipinski definition) is 1. The van der Waals surface area contributed by atoms with Gasteiger partial charge in [-0.15, -0.1) is 0 Å². The molecular weight excluding hydrogens is 380 g/mol. The monoisotopic (exact) mass is 406 g/mol. The number of aryl methyl sites for hydroxylation is 1. The Kier molecular flexibility index (Phi) is 5.06. The van der Waals surface area contributed by atoms with Crippen LogP contribution >= 0.6 is 11.6 Å². The van der Waals surface area contributed by atoms with E-state index in [0.717, 1.165) is 42.6 Å². The number of aromatic nitrogens is 2. The number of anilines is 1. The van der Waals surface area contributed by atoms with Crippen LogP contribution in [-0.2, 0) is 13.0 Å². The Morgan fingerprint density at radius 3 is 2.86 bits per heavy atom. The number of piperidine rings is 1. The molecule has 0 radical (unpaired) electrons. The summed E-state index contributed by atoms with van der Waals surface area (Å²) in [6, 6.07) is 17.2. The van der Waals surface area contributed by atoms with Crippen LogP contribution in [0.2, 0.25) is 5.02 Å². The molecule has 2 aliphatic heterocycles. The van der Waals surface area contributed by atoms with Crippen LogP contribution in [0.25, 0.3) is 5.69 Å². The summed E-state index contributed by atoms with van der Waals surface area (Å²) >= 11 is 6.32. The lowest BCUT2D eigenvalue weighted by Crippen LogP contribution is -2.33. The molecule has 5 heteroatoms. The molecule has 150 valence electrons. The van der Waals surface area contributed by atoms with Gasteiger partial charge in [0.1, 0.15) is 5.82 Å². The Balaban J connectivity index is 1.54. The van der Waals surface area contributed by atoms with Crippen molar-refractivity contribution < 1.29 is 0 Å². The van der Waals surface area contributed by atoms with Gasteiger partial charge in [0.25, 0.3) is 0 Å². The van der Waals surface area contributed by atoms with Crippen LogP contribution in [0, 0.1) is 6.92 Å². The van der Waals surface area contributed by atoms with Gasteiger partial charge in [0.2, 0.25) is 0 Å². The zero-order valence-corrected chi connectivity index (χ0v) is 17.6. The van der Waals surface area contributed by atoms with Crippen LogP contribution in [0.5, 0.6) is 0 Å². The molecule has 1 saturated heterocycles. The van der Waals surface area contributed by atoms with Gasteiger partial charge in [0.05, 0.1) is 17.4 Å². The van der Waals surface area contributed by atoms with E-state index in [4.69, 9.17) is 16.7 Å². The van der Waals surface area contributed by atoms with Crippen molar-refractivity contribution in [2.45, 2.75) is 45.2 Å². The van der Waals surface area contributed by atoms with Crippen molar-refractivity contribution in [2.75, 3.05) is 18.4 Å². The van der Waals surface area contributed by atoms with E-state index in [1.165, 1.54) is 41.6 Å². The van der Waals surface area contributed by atoms with Gasteiger partial charge in [-0.25, -0.2) is 4.68 Å². The molecule has 0 spiro atoms. The largest absolute Gasteiger partial charge is 0.369 e. The molecule has 0 saturated carbocycles. The minimum atomic E-state index is 0.373. The third kappa shape index (κ3) is 3.56. The summed E-state index contributed by atoms with van der Waals surface area (Å²) in [6.07, 6.45) is 4.74. The van der Waals surface area contributed by atoms with Crippen molar-refractivity contribution in [3.8, 4) is 5.69 Å². The molecule has 0 amide bonds. The smallest absolute Gasteiger partial charge is 0.133 e. The van der Waals surface area contributed by atoms with Crippen LogP contribution in [-0.4, -0.2) is 27.8 Å². The lowest BCUT2D eigenvalue weighted by atomic mass is 9.95. The Morgan fingerprint density at radius 1 is 1.14 bits per heavy atom. The van der Waals surface area contributed by atoms with E-state index in [9.17, 15) is 0 Å². The fourth-order valence-electron chi connectivity index (χ4n) is 4.76. The van der Waals surface area contributed by atoms with Gasteiger partial charge in [-0.1, -0.05) is 54.4 Å². The molecule has 1 aromatic heterocycles. The second-order valence-corrected chi connectivity index (χ2v) is 8.64. The molecule has 0 bridgehead atoms. The summed E-state index contributed by atoms with van der Waals surface area (Å²) in [5, 5.41) is 9.50. The predicted octanol–water partition coefficient (Wildman–Crippen LogP) is 5.53. The molecule has 29 heavy (non-hydrogen) atoms. The van der Waals surface area contributed by atoms with Crippen molar-refractivity contribution in [3.05, 3.63) is 75.9 Å². The molecule has 3 heterocycles. The van der Waals surface area contributed by atoms with Crippen LogP contribution < -0.4 is 5.32 Å². The van der Waals surface area contributed by atoms with Crippen LogP contribution in [0.15, 0.2) is 48.5 Å². The minimum absolute atomic E-state index is 0.373. The fraction of sp³-hybridized carbons (Fsp3) is 0.375. The van der Waals surface area contributed by atoms with Crippen molar-refractivity contribution in [1.29, 1.82) is 0 Å². The highest BCUT2D eigenvalue weighted by Gasteiger charge is 2.32. The maximum absolute atomic E-state index is 6.32. The van der Waals surface area contributed by atoms with Gasteiger partial charge in [-0.2, -0.15) is 5.10 Å². The maximum atomic E-state index is 6.32. The number of hydrogen-bond acceptors (Lipinski definition) is 3. The predicted molar refractivity (Wildman–Crippen MR) is 119 cm³/mol. The van der Waals surface area contributed by atoms with E-state index < -0.39 is 0 Å². The normalized spacial score (nSPS) is 19.2. The molecule has 2 aromatic carbocycles. The Hall–Kier alpha value is -2.30. The third-order valence-corrected chi connectivity index (χ3v) is 6.47. The van der Waals surface area contributed by atoms with Crippen LogP contribution in [0.4, 0.5) is 5.82 Å². The minimum Gasteiger partial charge on any atom is -0.369 e. The first-order valence-electron chi connectivity index (χ1n) is 10.6. The molecule has 1 fully saturated rings. The summed E-state index contributed by atoms with van der Waals surface area (Å²) in [7, 11) is 0. The average Bonchev–Trinajstić information content (AvgIpc) is 3.34. The molecule has 5 rings (SSSR count). The van der Waals surface area contributed by atoms with E-state index >= 15 is 0 Å². The Morgan fingerprint density at radius 2 is 2.00 bits per heavy atom. The van der Waals surface area contributed by atoms with Gasteiger partial charge >= 0.3 is 0 Å². The quantitative estimate of drug-likeness (QED) is 0.618. The van der Waals surface area contributed by atoms with E-state index in [1.807, 2.05) is 12.1 Å². The van der Waals surface area contributed by atoms with E-state index in [-0.39, 0.29) is 0 Å². The van der Waals surface area contributed by atoms with Crippen molar-refractivity contribution in [3.63, 3.8) is 0 Å². The Bertz CT molecular complexity index is 1010. The first-order chi connectivity index (χ1) is 14.2. The number of rotatable bonds is 4. The second kappa shape index (κ2) is 7.85. The van der Waals surface area contributed by atoms with E-state index in [1.54, 1.807) is 0 Å². The first-order valence-corrected chi connectivity index (χ1v) is 11.0. The van der Waals surface area contributed by atoms with Crippen molar-refractivity contribution >= 4 is 17.4 Å². The number of benzene rings is 2. The summed E-state index contributed by atoms with van der Waals surface area (Å²) in [5.41, 5.74) is 6.26. The van der Waals surface area contributed by atoms with Gasteiger partial charge in [0, 0.05) is 23.7 Å². The molecule has 1 atom stereocenters. The SMILES string of the molecule is Cc1ccc(Cl)cc1-n1nc(C2CCCCN2Cc2ccccc2)c2c1NCC2. The second-order valence-electron chi connectivity index (χ2n) is 8.20. The molecule has 1 unspecified atom stereocenters. The van der Waals surface area contributed by atoms with E-state index in [2.05, 4.69) is 58.2 Å². The number of fused-ring (bicyclic) bond motifs is 1. The van der Waals surface area contributed by atoms with Gasteiger partial charge < -0.3 is 5.32 Å². The molecule has 4 nitrogen and oxygen atoms in total. The average molecular weight is 407 g/mol. The van der Waals surface area contributed by atoms with Crippen LogP contribution in [0.3, 0.4) is 0 Å². The van der Waals surface area contributed by atoms with Crippen molar-refractivity contribution in [1.82, 2.24) is 14.7 Å². The summed E-state index contributed by atoms with van der Waals surface area (Å²) in [4.78, 5) is 2.62. The molecular formula is C24H27ClN4. The number of nitrogens with zero attached hydrogens (tertiary/aromatic N) is 3. The molecule has 2 aliphatic rings. The molecule has 3 aromatic rings. The number of nitrogens with one attached hydrogen (secondary N) is 1. The van der Waals surface area contributed by atoms with E-state index in [0.29, 0.717) is 6.04 Å². The highest BCUT2D eigenvalue weighted by atomic mass is 35.5. The maximum Gasteiger partial charge on any atom is 0.133 e. The number of halogens is 1. The fourth-order valence-corrected chi connectivity index (χ4v) is 4.93. The van der Waals surface area contributed by atoms with Crippen molar-refractivity contribution in [2.24, 2.45) is 0 Å². The van der Waals surface area contributed by atoms with Gasteiger partial charge in [-0.3, -0.25) is 4.90 Å². The lowest BCUT2D eigenvalue weighted by molar-refractivity contribution is 0.136. The summed E-state index contributed by atoms with van der Waals surface area (Å²) in [5.74, 6) is 1.15. The van der Waals surface area contributed by atoms with Gasteiger partial charge in [0.15, 0.2) is 0 Å². The zero-order valence-electron chi connectivity index (χ0n) is 16.9. The summed E-state index contributed by atoms with van der Waals surface area (Å²) in [6.45, 7) is 5.21. The third-order valence-electron chi connectivity index (χ3n) is 6.24. The lowest BCUT2D eigenvalue weighted by Gasteiger charge is -2.35. The Labute approximate surface area is 177 Å².